The van der Waals surface area contributed by atoms with E-state index < -0.39 is 49.4 Å². The van der Waals surface area contributed by atoms with Crippen LogP contribution in [0.2, 0.25) is 0 Å². The second kappa shape index (κ2) is 52.3. The van der Waals surface area contributed by atoms with Gasteiger partial charge in [0.25, 0.3) is 11.8 Å². The molecule has 3 aliphatic heterocycles. The van der Waals surface area contributed by atoms with Crippen LogP contribution in [0, 0.1) is 60.2 Å². The molecule has 6 fully saturated rings. The first-order valence-corrected chi connectivity index (χ1v) is 61.6. The Kier molecular flexibility index (Phi) is 41.3. The van der Waals surface area contributed by atoms with Crippen LogP contribution in [0.4, 0.5) is 11.4 Å². The van der Waals surface area contributed by atoms with Crippen molar-refractivity contribution in [1.82, 2.24) is 49.6 Å². The Morgan fingerprint density at radius 1 is 0.403 bits per heavy atom. The van der Waals surface area contributed by atoms with Gasteiger partial charge in [-0.1, -0.05) is 130 Å². The highest BCUT2D eigenvalue weighted by Crippen LogP contribution is 2.40. The lowest BCUT2D eigenvalue weighted by Gasteiger charge is -2.37. The number of anilines is 2. The number of carbonyl (C=O) groups excluding carboxylic acids is 2. The van der Waals surface area contributed by atoms with Crippen LogP contribution >= 0.6 is 0 Å². The molecule has 6 heterocycles. The van der Waals surface area contributed by atoms with E-state index in [2.05, 4.69) is 141 Å². The smallest absolute Gasteiger partial charge is 0.336 e. The number of carbonyl (C=O) groups is 2. The van der Waals surface area contributed by atoms with Gasteiger partial charge in [-0.15, -0.1) is 10.2 Å². The third kappa shape index (κ3) is 32.3. The summed E-state index contributed by atoms with van der Waals surface area (Å²) in [6.45, 7) is 31.9. The highest BCUT2D eigenvalue weighted by Gasteiger charge is 2.39. The molecule has 3 aromatic heterocycles. The molecule has 144 heavy (non-hydrogen) atoms. The summed E-state index contributed by atoms with van der Waals surface area (Å²) in [4.78, 5) is 40.0. The van der Waals surface area contributed by atoms with Crippen molar-refractivity contribution in [3.05, 3.63) is 195 Å². The quantitative estimate of drug-likeness (QED) is 0.0285. The van der Waals surface area contributed by atoms with Crippen molar-refractivity contribution >= 4 is 83.5 Å². The monoisotopic (exact) mass is 2080 g/mol. The molecular formula is C112H162N12O15S5. The third-order valence-corrected chi connectivity index (χ3v) is 43.0. The molecule has 2 saturated heterocycles. The first-order valence-electron chi connectivity index (χ1n) is 53.3. The highest BCUT2D eigenvalue weighted by molar-refractivity contribution is 7.92. The average Bonchev–Trinajstić information content (AvgIpc) is 1.62. The van der Waals surface area contributed by atoms with Crippen molar-refractivity contribution in [3.8, 4) is 28.5 Å². The number of benzene rings is 6. The van der Waals surface area contributed by atoms with Crippen LogP contribution in [-0.4, -0.2) is 204 Å². The molecule has 1 N–H and O–H groups in total. The van der Waals surface area contributed by atoms with E-state index in [1.54, 1.807) is 89.0 Å². The number of aromatic nitrogens is 8. The van der Waals surface area contributed by atoms with Gasteiger partial charge in [0.15, 0.2) is 51.0 Å². The van der Waals surface area contributed by atoms with E-state index in [0.717, 1.165) is 232 Å². The Labute approximate surface area is 859 Å². The summed E-state index contributed by atoms with van der Waals surface area (Å²) in [5.74, 6) is 7.14. The summed E-state index contributed by atoms with van der Waals surface area (Å²) in [6, 6.07) is 48.4. The zero-order valence-electron chi connectivity index (χ0n) is 88.2. The maximum Gasteiger partial charge on any atom is 0.336 e. The number of nitrogens with zero attached hydrogens (tertiary/aromatic N) is 11. The number of hydrogen-bond acceptors (Lipinski definition) is 23. The molecule has 6 aromatic carbocycles. The molecule has 7 aliphatic rings. The van der Waals surface area contributed by atoms with Gasteiger partial charge in [-0.3, -0.25) is 14.5 Å². The Morgan fingerprint density at radius 2 is 0.812 bits per heavy atom. The summed E-state index contributed by atoms with van der Waals surface area (Å²) in [5.41, 5.74) is 13.0. The van der Waals surface area contributed by atoms with E-state index in [4.69, 9.17) is 9.15 Å². The van der Waals surface area contributed by atoms with E-state index in [1.165, 1.54) is 45.3 Å². The van der Waals surface area contributed by atoms with E-state index in [1.807, 2.05) is 75.5 Å². The topological polar surface area (TPSA) is 353 Å². The molecule has 4 saturated carbocycles. The second-order valence-electron chi connectivity index (χ2n) is 43.8. The summed E-state index contributed by atoms with van der Waals surface area (Å²) in [7, 11) is -13.0. The molecule has 2 amide bonds. The predicted molar refractivity (Wildman–Crippen MR) is 579 cm³/mol. The van der Waals surface area contributed by atoms with Gasteiger partial charge in [-0.25, -0.2) is 55.9 Å². The zero-order chi connectivity index (χ0) is 104. The molecule has 9 aromatic rings. The number of hydrogen-bond donors (Lipinski definition) is 1. The Bertz CT molecular complexity index is 6260. The van der Waals surface area contributed by atoms with Gasteiger partial charge in [-0.05, 0) is 388 Å². The molecular weight excluding hydrogens is 1910 g/mol. The largest absolute Gasteiger partial charge is 0.423 e. The van der Waals surface area contributed by atoms with Gasteiger partial charge in [0.05, 0.1) is 78.3 Å². The molecule has 0 spiro atoms. The van der Waals surface area contributed by atoms with Crippen molar-refractivity contribution in [2.24, 2.45) is 60.3 Å². The minimum absolute atomic E-state index is 0.138. The second-order valence-corrected chi connectivity index (χ2v) is 56.7. The lowest BCUT2D eigenvalue weighted by molar-refractivity contribution is -0.00523. The number of morpholine rings is 1. The van der Waals surface area contributed by atoms with E-state index in [-0.39, 0.29) is 61.9 Å². The number of fused-ring (bicyclic) bond motifs is 2. The van der Waals surface area contributed by atoms with Crippen LogP contribution in [0.25, 0.3) is 39.4 Å². The van der Waals surface area contributed by atoms with Gasteiger partial charge < -0.3 is 19.4 Å². The number of sulfone groups is 4. The first kappa shape index (κ1) is 114. The zero-order valence-corrected chi connectivity index (χ0v) is 92.3. The fraction of sp³-hybridized carbons (Fsp3) is 0.616. The van der Waals surface area contributed by atoms with Crippen LogP contribution < -0.4 is 15.8 Å². The SMILES string of the molecule is CC(C)N1C(=O)c2ccc(CCC3CCC(CS(=O)(=O)C(C)C)CC3)cc2C1=O.CC(C)S(=O)(=O)CC1CCC(CCc2ccc(-c3nnnn3-c3ccccc3)cc2)CC1.CC(C)S(=O)(=O)CC1CCC(CCc2ccc(-c3nnnn3C)cc2)CC1.CC(C)S(=O)(=O)N1CCC(CCNc2ccc(N3C[C@@H](C)O[C@@H](C)C3)cc2)CC1.Cc1c(CCC2CCC(CS(=O)(=O)C(C)C)CC2)ccc2oc(=O)ccc12. The standard InChI is InChI=1S/C25H32N4O2S.C23H33NO4S.C22H37N3O3S.C22H30O4S.C20H30N4O2S/c1-19(2)32(30,31)18-22-12-10-20(11-13-22)8-9-21-14-16-23(17-15-21)25-26-27-28-29(25)24-6-4-3-5-7-24;1-15(2)24-22(25)20-12-11-18(13-21(20)23(24)26)8-5-17-6-9-19(10-7-17)14-29(27,28)16(3)4;1-17(2)29(26,27)25-13-10-20(11-14-25)9-12-23-21-5-7-22(8-6-21)24-15-18(3)28-19(4)16-24;1-15(2)27(24,25)14-18-6-4-17(5-7-18)8-9-19-10-12-21-20(16(19)3)11-13-22(23)26-21;1-15(2)27(25,26)14-18-8-6-16(7-9-18)4-5-17-10-12-19(13-11-17)20-21-22-23-24(20)3/h3-7,14-17,19-20,22H,8-13,18H2,1-2H3;11-13,15-17,19H,5-10,14H2,1-4H3;5-8,17-20,23H,9-16H2,1-4H3;10-13,15,17-18H,4-9,14H2,1-3H3;10-13,15-16,18H,4-9,14H2,1-3H3/t;;18-,19+;;. The van der Waals surface area contributed by atoms with Gasteiger partial charge in [0.1, 0.15) is 5.58 Å². The maximum absolute atomic E-state index is 12.6. The molecule has 0 unspecified atom stereocenters. The minimum atomic E-state index is -3.10. The number of aryl methyl sites for hydroxylation is 6. The molecule has 4 aliphatic carbocycles. The fourth-order valence-electron chi connectivity index (χ4n) is 21.4. The summed E-state index contributed by atoms with van der Waals surface area (Å²) in [6.07, 6.45) is 29.2. The number of sulfonamides is 1. The molecule has 790 valence electrons. The number of tetrazole rings is 2. The average molecular weight is 2080 g/mol. The van der Waals surface area contributed by atoms with Crippen molar-refractivity contribution in [1.29, 1.82) is 0 Å². The maximum atomic E-state index is 12.6. The van der Waals surface area contributed by atoms with E-state index in [0.29, 0.717) is 106 Å². The summed E-state index contributed by atoms with van der Waals surface area (Å²) in [5, 5.41) is 26.9. The Morgan fingerprint density at radius 3 is 1.25 bits per heavy atom. The van der Waals surface area contributed by atoms with Gasteiger partial charge >= 0.3 is 5.63 Å². The fourth-order valence-corrected chi connectivity index (χ4v) is 28.2. The van der Waals surface area contributed by atoms with Crippen LogP contribution in [0.3, 0.4) is 0 Å². The van der Waals surface area contributed by atoms with Crippen LogP contribution in [0.1, 0.15) is 293 Å². The molecule has 0 bridgehead atoms. The van der Waals surface area contributed by atoms with Gasteiger partial charge in [0, 0.05) is 79.8 Å². The number of amides is 2. The van der Waals surface area contributed by atoms with E-state index in [9.17, 15) is 56.5 Å². The number of rotatable bonds is 35. The van der Waals surface area contributed by atoms with Crippen LogP contribution in [0.5, 0.6) is 0 Å². The van der Waals surface area contributed by atoms with Crippen molar-refractivity contribution in [2.75, 3.05) is 66.0 Å². The predicted octanol–water partition coefficient (Wildman–Crippen LogP) is 20.8. The first-order chi connectivity index (χ1) is 68.4. The van der Waals surface area contributed by atoms with Crippen LogP contribution in [-0.2, 0) is 86.8 Å². The van der Waals surface area contributed by atoms with Gasteiger partial charge in [-0.2, -0.15) is 4.68 Å². The van der Waals surface area contributed by atoms with Crippen molar-refractivity contribution in [3.63, 3.8) is 0 Å². The summed E-state index contributed by atoms with van der Waals surface area (Å²) < 4.78 is 138. The highest BCUT2D eigenvalue weighted by atomic mass is 32.2. The summed E-state index contributed by atoms with van der Waals surface area (Å²) >= 11 is 0. The number of para-hydroxylation sites is 1. The Balaban J connectivity index is 0.000000161. The van der Waals surface area contributed by atoms with Gasteiger partial charge in [0.2, 0.25) is 10.0 Å². The van der Waals surface area contributed by atoms with Crippen molar-refractivity contribution in [2.45, 2.75) is 322 Å². The number of ether oxygens (including phenoxy) is 1. The molecule has 32 heteroatoms. The molecule has 27 nitrogen and oxygen atoms in total. The molecule has 2 atom stereocenters. The third-order valence-electron chi connectivity index (χ3n) is 31.2. The number of nitrogens with one attached hydrogen (secondary N) is 1. The minimum Gasteiger partial charge on any atom is -0.423 e. The van der Waals surface area contributed by atoms with E-state index >= 15 is 0 Å². The van der Waals surface area contributed by atoms with Crippen molar-refractivity contribution < 1.29 is 60.8 Å². The lowest BCUT2D eigenvalue weighted by Crippen LogP contribution is -2.45. The molecule has 16 rings (SSSR count). The van der Waals surface area contributed by atoms with Crippen LogP contribution in [0.15, 0.2) is 155 Å². The number of piperidine rings is 1. The molecule has 0 radical (unpaired) electrons. The normalized spacial score (nSPS) is 21.7. The Hall–Kier alpha value is -8.92. The number of imide groups is 1. The lowest BCUT2D eigenvalue weighted by atomic mass is 9.80.